The van der Waals surface area contributed by atoms with Crippen LogP contribution in [0.4, 0.5) is 26.3 Å². The molecule has 10 nitrogen and oxygen atoms in total. The van der Waals surface area contributed by atoms with Gasteiger partial charge in [-0.3, -0.25) is 9.59 Å². The van der Waals surface area contributed by atoms with Gasteiger partial charge < -0.3 is 23.9 Å². The van der Waals surface area contributed by atoms with E-state index < -0.39 is 93.4 Å². The summed E-state index contributed by atoms with van der Waals surface area (Å²) in [6.45, 7) is 0. The molecule has 1 aliphatic heterocycles. The second-order valence-corrected chi connectivity index (χ2v) is 12.9. The summed E-state index contributed by atoms with van der Waals surface area (Å²) in [7, 11) is -6.27. The Kier molecular flexibility index (Phi) is 7.58. The van der Waals surface area contributed by atoms with E-state index in [4.69, 9.17) is 9.47 Å². The van der Waals surface area contributed by atoms with E-state index in [0.717, 1.165) is 0 Å². The molecule has 3 fully saturated rings. The maximum absolute atomic E-state index is 13.7. The highest BCUT2D eigenvalue weighted by molar-refractivity contribution is 14.1. The quantitative estimate of drug-likeness (QED) is 0.149. The molecule has 0 spiro atoms. The number of carbonyl (C=O) groups is 3. The zero-order valence-electron chi connectivity index (χ0n) is 18.6. The zero-order chi connectivity index (χ0) is 29.5. The Balaban J connectivity index is 1.68. The first-order valence-electron chi connectivity index (χ1n) is 10.6. The van der Waals surface area contributed by atoms with Gasteiger partial charge in [0.2, 0.25) is 0 Å². The number of hydrogen-bond acceptors (Lipinski definition) is 10. The normalized spacial score (nSPS) is 28.4. The van der Waals surface area contributed by atoms with Gasteiger partial charge >= 0.3 is 35.9 Å². The molecule has 0 amide bonds. The molecule has 6 unspecified atom stereocenters. The van der Waals surface area contributed by atoms with E-state index in [1.807, 2.05) is 22.6 Å². The lowest BCUT2D eigenvalue weighted by Gasteiger charge is -2.39. The third-order valence-electron chi connectivity index (χ3n) is 6.88. The molecule has 1 aromatic rings. The zero-order valence-corrected chi connectivity index (χ0v) is 23.7. The predicted octanol–water partition coefficient (Wildman–Crippen LogP) is 2.89. The molecule has 1 saturated heterocycles. The molecule has 216 valence electrons. The number of ether oxygens (including phenoxy) is 3. The molecule has 39 heavy (non-hydrogen) atoms. The average molecular weight is 813 g/mol. The minimum Gasteiger partial charge on any atom is -0.748 e. The smallest absolute Gasteiger partial charge is 0.438 e. The Morgan fingerprint density at radius 1 is 1.10 bits per heavy atom. The van der Waals surface area contributed by atoms with Crippen molar-refractivity contribution in [1.29, 1.82) is 0 Å². The lowest BCUT2D eigenvalue weighted by molar-refractivity contribution is -0.362. The molecule has 0 radical (unpaired) electrons. The second-order valence-electron chi connectivity index (χ2n) is 9.12. The van der Waals surface area contributed by atoms with Crippen LogP contribution >= 0.6 is 45.2 Å². The van der Waals surface area contributed by atoms with Crippen LogP contribution in [-0.4, -0.2) is 71.9 Å². The van der Waals surface area contributed by atoms with Gasteiger partial charge in [0.15, 0.2) is 0 Å². The van der Waals surface area contributed by atoms with Crippen LogP contribution in [0.1, 0.15) is 16.8 Å². The predicted molar refractivity (Wildman–Crippen MR) is 127 cm³/mol. The SMILES string of the molecule is O=C(OC1C2CC3C1OC(=O)C3C2C(=O)OC(CS(=O)(=O)[O-])(C(F)(F)F)C(F)(F)F)c1cc(I)cc(I)c1O. The van der Waals surface area contributed by atoms with Crippen LogP contribution in [0.3, 0.4) is 0 Å². The van der Waals surface area contributed by atoms with Crippen LogP contribution in [0, 0.1) is 30.8 Å². The number of alkyl halides is 6. The van der Waals surface area contributed by atoms with Crippen molar-refractivity contribution < 1.29 is 73.0 Å². The average Bonchev–Trinajstić information content (AvgIpc) is 3.36. The number of carbonyl (C=O) groups excluding carboxylic acids is 3. The van der Waals surface area contributed by atoms with Gasteiger partial charge in [-0.2, -0.15) is 26.3 Å². The monoisotopic (exact) mass is 813 g/mol. The minimum atomic E-state index is -6.60. The molecule has 19 heteroatoms. The van der Waals surface area contributed by atoms with Crippen LogP contribution < -0.4 is 0 Å². The van der Waals surface area contributed by atoms with Gasteiger partial charge in [0.1, 0.15) is 23.5 Å². The van der Waals surface area contributed by atoms with E-state index in [0.29, 0.717) is 3.57 Å². The summed E-state index contributed by atoms with van der Waals surface area (Å²) in [5, 5.41) is 10.2. The number of phenols is 1. The molecule has 1 N–H and O–H groups in total. The fourth-order valence-corrected chi connectivity index (χ4v) is 8.06. The van der Waals surface area contributed by atoms with Crippen molar-refractivity contribution in [3.8, 4) is 5.75 Å². The van der Waals surface area contributed by atoms with Gasteiger partial charge in [0.25, 0.3) is 0 Å². The molecule has 4 rings (SSSR count). The molecular formula is C20H13F6I2O10S-. The van der Waals surface area contributed by atoms with Crippen molar-refractivity contribution in [1.82, 2.24) is 0 Å². The summed E-state index contributed by atoms with van der Waals surface area (Å²) in [5.41, 5.74) is -6.07. The molecular weight excluding hydrogens is 800 g/mol. The Bertz CT molecular complexity index is 1330. The molecule has 1 heterocycles. The van der Waals surface area contributed by atoms with E-state index in [1.165, 1.54) is 12.1 Å². The highest BCUT2D eigenvalue weighted by Crippen LogP contribution is 2.60. The Morgan fingerprint density at radius 2 is 1.69 bits per heavy atom. The summed E-state index contributed by atoms with van der Waals surface area (Å²) >= 11 is 3.54. The van der Waals surface area contributed by atoms with E-state index in [2.05, 4.69) is 4.74 Å². The van der Waals surface area contributed by atoms with Crippen LogP contribution in [0.2, 0.25) is 0 Å². The first kappa shape index (κ1) is 30.3. The van der Waals surface area contributed by atoms with Crippen molar-refractivity contribution in [2.75, 3.05) is 5.75 Å². The van der Waals surface area contributed by atoms with E-state index >= 15 is 0 Å². The Labute approximate surface area is 241 Å². The third-order valence-corrected chi connectivity index (χ3v) is 9.09. The van der Waals surface area contributed by atoms with Crippen molar-refractivity contribution in [2.24, 2.45) is 23.7 Å². The van der Waals surface area contributed by atoms with Gasteiger partial charge in [0.05, 0.1) is 31.3 Å². The number of hydrogen-bond donors (Lipinski definition) is 1. The Morgan fingerprint density at radius 3 is 2.23 bits per heavy atom. The number of phenolic OH excluding ortho intramolecular Hbond substituents is 1. The van der Waals surface area contributed by atoms with E-state index in [-0.39, 0.29) is 15.6 Å². The topological polar surface area (TPSA) is 156 Å². The molecule has 2 bridgehead atoms. The van der Waals surface area contributed by atoms with Gasteiger partial charge in [-0.05, 0) is 63.7 Å². The lowest BCUT2D eigenvalue weighted by atomic mass is 9.78. The summed E-state index contributed by atoms with van der Waals surface area (Å²) < 4.78 is 130. The molecule has 2 saturated carbocycles. The van der Waals surface area contributed by atoms with Crippen LogP contribution in [0.15, 0.2) is 12.1 Å². The number of benzene rings is 1. The van der Waals surface area contributed by atoms with Crippen molar-refractivity contribution >= 4 is 73.2 Å². The van der Waals surface area contributed by atoms with Crippen LogP contribution in [0.5, 0.6) is 5.75 Å². The maximum atomic E-state index is 13.7. The van der Waals surface area contributed by atoms with Crippen molar-refractivity contribution in [2.45, 2.75) is 36.6 Å². The Hall–Kier alpha value is -1.62. The summed E-state index contributed by atoms with van der Waals surface area (Å²) in [4.78, 5) is 38.2. The summed E-state index contributed by atoms with van der Waals surface area (Å²) in [6, 6.07) is 2.74. The third kappa shape index (κ3) is 5.15. The van der Waals surface area contributed by atoms with Crippen LogP contribution in [-0.2, 0) is 33.9 Å². The first-order valence-corrected chi connectivity index (χ1v) is 14.3. The van der Waals surface area contributed by atoms with E-state index in [1.54, 1.807) is 22.6 Å². The number of halogens is 8. The van der Waals surface area contributed by atoms with Gasteiger partial charge in [0, 0.05) is 15.4 Å². The highest BCUT2D eigenvalue weighted by atomic mass is 127. The molecule has 1 aromatic carbocycles. The van der Waals surface area contributed by atoms with Gasteiger partial charge in [-0.1, -0.05) is 0 Å². The molecule has 6 atom stereocenters. The highest BCUT2D eigenvalue weighted by Gasteiger charge is 2.77. The van der Waals surface area contributed by atoms with Gasteiger partial charge in [-0.15, -0.1) is 0 Å². The van der Waals surface area contributed by atoms with E-state index in [9.17, 15) is 58.8 Å². The number of fused-ring (bicyclic) bond motifs is 1. The lowest BCUT2D eigenvalue weighted by Crippen LogP contribution is -2.64. The molecule has 3 aliphatic rings. The van der Waals surface area contributed by atoms with Crippen LogP contribution in [0.25, 0.3) is 0 Å². The van der Waals surface area contributed by atoms with Crippen molar-refractivity contribution in [3.05, 3.63) is 24.8 Å². The largest absolute Gasteiger partial charge is 0.748 e. The fraction of sp³-hybridized carbons (Fsp3) is 0.550. The molecule has 2 aliphatic carbocycles. The summed E-state index contributed by atoms with van der Waals surface area (Å²) in [6.07, 6.45) is -16.1. The molecule has 0 aromatic heterocycles. The number of aromatic hydroxyl groups is 1. The van der Waals surface area contributed by atoms with Gasteiger partial charge in [-0.25, -0.2) is 13.2 Å². The second kappa shape index (κ2) is 9.74. The first-order chi connectivity index (χ1) is 17.7. The standard InChI is InChI=1S/C20H14F6I2O10S/c21-19(22,23)18(20(24,25)26,4-39(33,34)35)38-17(32)11-7-3-6-10(11)16(31)37-14(6)13(7)36-15(30)8-1-5(27)2-9(28)12(8)29/h1-2,6-7,10-11,13-14,29H,3-4H2,(H,33,34,35)/p-1. The minimum absolute atomic E-state index is 0.195. The number of rotatable bonds is 6. The summed E-state index contributed by atoms with van der Waals surface area (Å²) in [5.74, 6) is -14.2. The maximum Gasteiger partial charge on any atom is 0.438 e. The van der Waals surface area contributed by atoms with Crippen molar-refractivity contribution in [3.63, 3.8) is 0 Å². The number of esters is 3. The fourth-order valence-electron chi connectivity index (χ4n) is 5.34.